The summed E-state index contributed by atoms with van der Waals surface area (Å²) >= 11 is 1.84. The zero-order valence-corrected chi connectivity index (χ0v) is 15.4. The van der Waals surface area contributed by atoms with Crippen molar-refractivity contribution in [3.63, 3.8) is 0 Å². The molecule has 0 fully saturated rings. The summed E-state index contributed by atoms with van der Waals surface area (Å²) in [5.74, 6) is 2.01. The number of unbranched alkanes of at least 4 members (excludes halogenated alkanes) is 1. The Labute approximate surface area is 147 Å². The Bertz CT molecular complexity index is 513. The van der Waals surface area contributed by atoms with Crippen LogP contribution in [-0.2, 0) is 6.54 Å². The molecule has 136 valence electrons. The monoisotopic (exact) mass is 359 g/mol. The van der Waals surface area contributed by atoms with Crippen molar-refractivity contribution in [1.82, 2.24) is 10.6 Å². The highest BCUT2D eigenvalue weighted by Gasteiger charge is 2.10. The average Bonchev–Trinajstić information content (AvgIpc) is 2.54. The van der Waals surface area contributed by atoms with Crippen LogP contribution in [0.5, 0.6) is 5.75 Å². The maximum atomic E-state index is 12.5. The lowest BCUT2D eigenvalue weighted by Gasteiger charge is -2.13. The predicted molar refractivity (Wildman–Crippen MR) is 98.2 cm³/mol. The van der Waals surface area contributed by atoms with Crippen LogP contribution in [-0.4, -0.2) is 37.7 Å². The topological polar surface area (TPSA) is 45.7 Å². The smallest absolute Gasteiger partial charge is 0.387 e. The standard InChI is InChI=1S/C17H27F2N3OS/c1-4-20-17(21-9-5-6-10-24-3)22-12-14-11-13(2)7-8-15(14)23-16(18)19/h7-8,11,16H,4-6,9-10,12H2,1-3H3,(H2,20,21,22). The Kier molecular flexibility index (Phi) is 10.2. The van der Waals surface area contributed by atoms with Crippen molar-refractivity contribution in [3.8, 4) is 5.75 Å². The lowest BCUT2D eigenvalue weighted by Crippen LogP contribution is -2.37. The first-order valence-corrected chi connectivity index (χ1v) is 9.51. The van der Waals surface area contributed by atoms with E-state index in [1.54, 1.807) is 12.1 Å². The molecule has 1 aromatic rings. The molecule has 1 rings (SSSR count). The van der Waals surface area contributed by atoms with E-state index in [0.29, 0.717) is 11.5 Å². The number of alkyl halides is 2. The van der Waals surface area contributed by atoms with Gasteiger partial charge in [0, 0.05) is 18.7 Å². The molecule has 0 aliphatic rings. The van der Waals surface area contributed by atoms with Crippen LogP contribution in [0.15, 0.2) is 23.2 Å². The van der Waals surface area contributed by atoms with Crippen LogP contribution in [0.3, 0.4) is 0 Å². The number of hydrogen-bond acceptors (Lipinski definition) is 3. The van der Waals surface area contributed by atoms with Crippen molar-refractivity contribution in [2.45, 2.75) is 39.8 Å². The van der Waals surface area contributed by atoms with Gasteiger partial charge in [-0.3, -0.25) is 0 Å². The number of hydrogen-bond donors (Lipinski definition) is 2. The van der Waals surface area contributed by atoms with Crippen LogP contribution in [0, 0.1) is 6.92 Å². The third kappa shape index (κ3) is 8.38. The van der Waals surface area contributed by atoms with Crippen LogP contribution in [0.4, 0.5) is 8.78 Å². The first-order valence-electron chi connectivity index (χ1n) is 8.12. The fraction of sp³-hybridized carbons (Fsp3) is 0.588. The Morgan fingerprint density at radius 2 is 2.08 bits per heavy atom. The molecule has 0 aromatic heterocycles. The van der Waals surface area contributed by atoms with Crippen molar-refractivity contribution < 1.29 is 13.5 Å². The third-order valence-electron chi connectivity index (χ3n) is 3.25. The van der Waals surface area contributed by atoms with E-state index in [1.165, 1.54) is 0 Å². The van der Waals surface area contributed by atoms with E-state index in [4.69, 9.17) is 0 Å². The number of aryl methyl sites for hydroxylation is 1. The molecule has 0 aliphatic carbocycles. The largest absolute Gasteiger partial charge is 0.434 e. The van der Waals surface area contributed by atoms with E-state index >= 15 is 0 Å². The first kappa shape index (κ1) is 20.5. The van der Waals surface area contributed by atoms with Gasteiger partial charge in [-0.25, -0.2) is 4.99 Å². The van der Waals surface area contributed by atoms with Gasteiger partial charge in [-0.05, 0) is 44.8 Å². The van der Waals surface area contributed by atoms with Crippen molar-refractivity contribution >= 4 is 17.7 Å². The van der Waals surface area contributed by atoms with Crippen LogP contribution in [0.1, 0.15) is 30.9 Å². The molecule has 0 saturated heterocycles. The molecule has 1 aromatic carbocycles. The SMILES string of the molecule is CCNC(=NCc1cc(C)ccc1OC(F)F)NCCCCSC. The molecule has 4 nitrogen and oxygen atoms in total. The van der Waals surface area contributed by atoms with E-state index < -0.39 is 6.61 Å². The molecule has 0 saturated carbocycles. The highest BCUT2D eigenvalue weighted by molar-refractivity contribution is 7.98. The minimum Gasteiger partial charge on any atom is -0.434 e. The maximum Gasteiger partial charge on any atom is 0.387 e. The molecule has 2 N–H and O–H groups in total. The zero-order chi connectivity index (χ0) is 17.8. The number of benzene rings is 1. The fourth-order valence-electron chi connectivity index (χ4n) is 2.13. The molecule has 0 spiro atoms. The van der Waals surface area contributed by atoms with Gasteiger partial charge >= 0.3 is 6.61 Å². The minimum atomic E-state index is -2.83. The highest BCUT2D eigenvalue weighted by atomic mass is 32.2. The summed E-state index contributed by atoms with van der Waals surface area (Å²) in [6.45, 7) is 2.92. The number of halogens is 2. The summed E-state index contributed by atoms with van der Waals surface area (Å²) in [7, 11) is 0. The second-order valence-corrected chi connectivity index (χ2v) is 6.30. The molecule has 24 heavy (non-hydrogen) atoms. The minimum absolute atomic E-state index is 0.176. The number of rotatable bonds is 10. The van der Waals surface area contributed by atoms with Gasteiger partial charge in [-0.1, -0.05) is 17.7 Å². The van der Waals surface area contributed by atoms with Gasteiger partial charge in [0.2, 0.25) is 0 Å². The van der Waals surface area contributed by atoms with Gasteiger partial charge in [-0.2, -0.15) is 20.5 Å². The summed E-state index contributed by atoms with van der Waals surface area (Å²) in [6.07, 6.45) is 4.31. The quantitative estimate of drug-likeness (QED) is 0.379. The van der Waals surface area contributed by atoms with Crippen LogP contribution < -0.4 is 15.4 Å². The third-order valence-corrected chi connectivity index (χ3v) is 3.95. The number of ether oxygens (including phenoxy) is 1. The van der Waals surface area contributed by atoms with Crippen LogP contribution in [0.2, 0.25) is 0 Å². The molecule has 0 heterocycles. The lowest BCUT2D eigenvalue weighted by molar-refractivity contribution is -0.0504. The number of guanidine groups is 1. The Morgan fingerprint density at radius 3 is 2.75 bits per heavy atom. The van der Waals surface area contributed by atoms with Gasteiger partial charge in [-0.15, -0.1) is 0 Å². The average molecular weight is 359 g/mol. The predicted octanol–water partition coefficient (Wildman–Crippen LogP) is 3.79. The molecular formula is C17H27F2N3OS. The molecule has 0 amide bonds. The fourth-order valence-corrected chi connectivity index (χ4v) is 2.62. The van der Waals surface area contributed by atoms with Crippen LogP contribution in [0.25, 0.3) is 0 Å². The Hall–Kier alpha value is -1.50. The second kappa shape index (κ2) is 11.9. The zero-order valence-electron chi connectivity index (χ0n) is 14.6. The van der Waals surface area contributed by atoms with Crippen molar-refractivity contribution in [3.05, 3.63) is 29.3 Å². The summed E-state index contributed by atoms with van der Waals surface area (Å²) in [5.41, 5.74) is 1.63. The molecule has 0 aliphatic heterocycles. The van der Waals surface area contributed by atoms with Gasteiger partial charge in [0.05, 0.1) is 6.54 Å². The van der Waals surface area contributed by atoms with E-state index in [2.05, 4.69) is 26.6 Å². The number of nitrogens with one attached hydrogen (secondary N) is 2. The first-order chi connectivity index (χ1) is 11.6. The molecular weight excluding hydrogens is 332 g/mol. The maximum absolute atomic E-state index is 12.5. The second-order valence-electron chi connectivity index (χ2n) is 5.31. The number of nitrogens with zero attached hydrogens (tertiary/aromatic N) is 1. The molecule has 7 heteroatoms. The Morgan fingerprint density at radius 1 is 1.29 bits per heavy atom. The van der Waals surface area contributed by atoms with Crippen LogP contribution >= 0.6 is 11.8 Å². The van der Waals surface area contributed by atoms with E-state index in [-0.39, 0.29) is 12.3 Å². The summed E-state index contributed by atoms with van der Waals surface area (Å²) in [6, 6.07) is 5.14. The molecule has 0 radical (unpaired) electrons. The summed E-state index contributed by atoms with van der Waals surface area (Å²) in [5, 5.41) is 6.43. The molecule has 0 unspecified atom stereocenters. The lowest BCUT2D eigenvalue weighted by atomic mass is 10.1. The van der Waals surface area contributed by atoms with E-state index in [0.717, 1.165) is 37.2 Å². The van der Waals surface area contributed by atoms with Gasteiger partial charge in [0.15, 0.2) is 5.96 Å². The summed E-state index contributed by atoms with van der Waals surface area (Å²) < 4.78 is 29.6. The summed E-state index contributed by atoms with van der Waals surface area (Å²) in [4.78, 5) is 4.47. The van der Waals surface area contributed by atoms with Gasteiger partial charge in [0.1, 0.15) is 5.75 Å². The van der Waals surface area contributed by atoms with Gasteiger partial charge < -0.3 is 15.4 Å². The van der Waals surface area contributed by atoms with Crippen molar-refractivity contribution in [2.75, 3.05) is 25.1 Å². The Balaban J connectivity index is 2.68. The normalized spacial score (nSPS) is 11.7. The highest BCUT2D eigenvalue weighted by Crippen LogP contribution is 2.22. The van der Waals surface area contributed by atoms with Gasteiger partial charge in [0.25, 0.3) is 0 Å². The number of aliphatic imine (C=N–C) groups is 1. The van der Waals surface area contributed by atoms with Crippen molar-refractivity contribution in [1.29, 1.82) is 0 Å². The van der Waals surface area contributed by atoms with Crippen molar-refractivity contribution in [2.24, 2.45) is 4.99 Å². The van der Waals surface area contributed by atoms with E-state index in [9.17, 15) is 8.78 Å². The number of thioether (sulfide) groups is 1. The molecule has 0 atom stereocenters. The molecule has 0 bridgehead atoms. The van der Waals surface area contributed by atoms with E-state index in [1.807, 2.05) is 31.7 Å².